The lowest BCUT2D eigenvalue weighted by molar-refractivity contribution is -0.118. The molecule has 122 valence electrons. The molecule has 1 unspecified atom stereocenters. The highest BCUT2D eigenvalue weighted by molar-refractivity contribution is 8.15. The van der Waals surface area contributed by atoms with E-state index in [2.05, 4.69) is 15.5 Å². The molecule has 0 aliphatic carbocycles. The number of hydrogen-bond acceptors (Lipinski definition) is 5. The van der Waals surface area contributed by atoms with Crippen LogP contribution in [0.15, 0.2) is 64.8 Å². The van der Waals surface area contributed by atoms with Crippen LogP contribution in [-0.4, -0.2) is 29.6 Å². The van der Waals surface area contributed by atoms with Gasteiger partial charge in [-0.3, -0.25) is 4.79 Å². The molecule has 0 spiro atoms. The van der Waals surface area contributed by atoms with Gasteiger partial charge < -0.3 is 10.1 Å². The van der Waals surface area contributed by atoms with Crippen LogP contribution in [-0.2, 0) is 11.2 Å². The number of ether oxygens (including phenoxy) is 1. The fourth-order valence-corrected chi connectivity index (χ4v) is 3.22. The second-order valence-electron chi connectivity index (χ2n) is 5.21. The van der Waals surface area contributed by atoms with Crippen molar-refractivity contribution in [2.45, 2.75) is 11.7 Å². The van der Waals surface area contributed by atoms with Crippen molar-refractivity contribution >= 4 is 29.1 Å². The summed E-state index contributed by atoms with van der Waals surface area (Å²) in [5, 5.41) is 11.3. The van der Waals surface area contributed by atoms with E-state index in [1.54, 1.807) is 13.3 Å². The zero-order chi connectivity index (χ0) is 16.8. The molecule has 1 fully saturated rings. The Bertz CT molecular complexity index is 758. The first kappa shape index (κ1) is 16.3. The van der Waals surface area contributed by atoms with Crippen LogP contribution in [0.3, 0.4) is 0 Å². The Balaban J connectivity index is 1.60. The summed E-state index contributed by atoms with van der Waals surface area (Å²) in [6, 6.07) is 17.4. The van der Waals surface area contributed by atoms with E-state index < -0.39 is 0 Å². The van der Waals surface area contributed by atoms with Gasteiger partial charge in [0.05, 0.1) is 18.6 Å². The summed E-state index contributed by atoms with van der Waals surface area (Å²) < 4.78 is 5.10. The molecule has 24 heavy (non-hydrogen) atoms. The summed E-state index contributed by atoms with van der Waals surface area (Å²) in [7, 11) is 1.63. The van der Waals surface area contributed by atoms with Gasteiger partial charge in [0.2, 0.25) is 5.91 Å². The van der Waals surface area contributed by atoms with E-state index in [0.717, 1.165) is 16.9 Å². The van der Waals surface area contributed by atoms with Crippen molar-refractivity contribution in [2.75, 3.05) is 7.11 Å². The van der Waals surface area contributed by atoms with Gasteiger partial charge in [0.1, 0.15) is 5.75 Å². The number of amidine groups is 1. The first-order valence-corrected chi connectivity index (χ1v) is 8.39. The van der Waals surface area contributed by atoms with Crippen molar-refractivity contribution < 1.29 is 9.53 Å². The number of nitrogens with zero attached hydrogens (tertiary/aromatic N) is 2. The lowest BCUT2D eigenvalue weighted by Crippen LogP contribution is -2.25. The Kier molecular flexibility index (Phi) is 5.28. The van der Waals surface area contributed by atoms with Gasteiger partial charge >= 0.3 is 0 Å². The lowest BCUT2D eigenvalue weighted by atomic mass is 10.1. The van der Waals surface area contributed by atoms with Gasteiger partial charge in [-0.2, -0.15) is 5.10 Å². The number of benzene rings is 2. The average Bonchev–Trinajstić information content (AvgIpc) is 2.96. The van der Waals surface area contributed by atoms with Gasteiger partial charge in [-0.05, 0) is 41.8 Å². The Morgan fingerprint density at radius 1 is 1.17 bits per heavy atom. The van der Waals surface area contributed by atoms with Crippen LogP contribution in [0.4, 0.5) is 0 Å². The van der Waals surface area contributed by atoms with E-state index in [1.165, 1.54) is 11.8 Å². The molecular formula is C18H17N3O2S. The summed E-state index contributed by atoms with van der Waals surface area (Å²) in [5.41, 5.74) is 2.04. The number of thioether (sulfide) groups is 1. The first-order valence-electron chi connectivity index (χ1n) is 7.51. The fourth-order valence-electron chi connectivity index (χ4n) is 2.25. The molecule has 1 aliphatic heterocycles. The predicted octanol–water partition coefficient (Wildman–Crippen LogP) is 2.86. The second kappa shape index (κ2) is 7.79. The van der Waals surface area contributed by atoms with E-state index in [9.17, 15) is 4.79 Å². The summed E-state index contributed by atoms with van der Waals surface area (Å²) in [4.78, 5) is 12.0. The molecule has 5 nitrogen and oxygen atoms in total. The summed E-state index contributed by atoms with van der Waals surface area (Å²) in [5.74, 6) is 0.767. The first-order chi connectivity index (χ1) is 11.7. The molecule has 1 N–H and O–H groups in total. The van der Waals surface area contributed by atoms with Crippen LogP contribution < -0.4 is 10.1 Å². The van der Waals surface area contributed by atoms with E-state index in [1.807, 2.05) is 54.6 Å². The summed E-state index contributed by atoms with van der Waals surface area (Å²) in [6.07, 6.45) is 2.32. The minimum atomic E-state index is -0.165. The molecule has 2 aromatic carbocycles. The van der Waals surface area contributed by atoms with Crippen LogP contribution in [0.2, 0.25) is 0 Å². The Labute approximate surface area is 144 Å². The maximum absolute atomic E-state index is 12.0. The maximum atomic E-state index is 12.0. The number of hydrogen-bond donors (Lipinski definition) is 1. The second-order valence-corrected chi connectivity index (χ2v) is 6.40. The van der Waals surface area contributed by atoms with E-state index in [4.69, 9.17) is 4.74 Å². The third-order valence-corrected chi connectivity index (χ3v) is 4.58. The molecule has 1 heterocycles. The third kappa shape index (κ3) is 4.23. The molecule has 1 atom stereocenters. The standard InChI is InChI=1S/C18H17N3O2S/c1-23-15-9-7-14(8-10-15)12-19-21-18-20-17(22)16(24-18)11-13-5-3-2-4-6-13/h2-10,12,16H,11H2,1H3,(H,20,21,22). The smallest absolute Gasteiger partial charge is 0.239 e. The van der Waals surface area contributed by atoms with Gasteiger partial charge in [0.15, 0.2) is 5.17 Å². The molecular weight excluding hydrogens is 322 g/mol. The topological polar surface area (TPSA) is 63.1 Å². The van der Waals surface area contributed by atoms with Gasteiger partial charge in [-0.1, -0.05) is 42.1 Å². The van der Waals surface area contributed by atoms with E-state index in [0.29, 0.717) is 11.6 Å². The molecule has 1 aliphatic rings. The fraction of sp³-hybridized carbons (Fsp3) is 0.167. The predicted molar refractivity (Wildman–Crippen MR) is 97.7 cm³/mol. The van der Waals surface area contributed by atoms with Crippen molar-refractivity contribution in [1.82, 2.24) is 5.32 Å². The number of rotatable bonds is 5. The molecule has 0 aromatic heterocycles. The van der Waals surface area contributed by atoms with Crippen molar-refractivity contribution in [2.24, 2.45) is 10.2 Å². The Morgan fingerprint density at radius 2 is 1.92 bits per heavy atom. The van der Waals surface area contributed by atoms with Crippen molar-refractivity contribution in [3.05, 3.63) is 65.7 Å². The van der Waals surface area contributed by atoms with Crippen LogP contribution in [0.5, 0.6) is 5.75 Å². The highest BCUT2D eigenvalue weighted by Gasteiger charge is 2.30. The van der Waals surface area contributed by atoms with E-state index in [-0.39, 0.29) is 11.2 Å². The largest absolute Gasteiger partial charge is 0.497 e. The number of nitrogens with one attached hydrogen (secondary N) is 1. The van der Waals surface area contributed by atoms with Gasteiger partial charge in [-0.25, -0.2) is 0 Å². The van der Waals surface area contributed by atoms with Crippen LogP contribution in [0, 0.1) is 0 Å². The van der Waals surface area contributed by atoms with Crippen molar-refractivity contribution in [3.8, 4) is 5.75 Å². The number of amides is 1. The lowest BCUT2D eigenvalue weighted by Gasteiger charge is -2.04. The molecule has 0 radical (unpaired) electrons. The highest BCUT2D eigenvalue weighted by atomic mass is 32.2. The number of carbonyl (C=O) groups excluding carboxylic acids is 1. The Hall–Kier alpha value is -2.60. The normalized spacial score (nSPS) is 19.0. The highest BCUT2D eigenvalue weighted by Crippen LogP contribution is 2.23. The number of carbonyl (C=O) groups is 1. The van der Waals surface area contributed by atoms with Crippen LogP contribution >= 0.6 is 11.8 Å². The zero-order valence-corrected chi connectivity index (χ0v) is 14.0. The SMILES string of the molecule is COc1ccc(C=N/N=C2\NC(=O)C(Cc3ccccc3)S2)cc1. The van der Waals surface area contributed by atoms with Crippen LogP contribution in [0.25, 0.3) is 0 Å². The molecule has 6 heteroatoms. The number of methoxy groups -OCH3 is 1. The molecule has 1 saturated heterocycles. The maximum Gasteiger partial charge on any atom is 0.239 e. The molecule has 0 saturated carbocycles. The quantitative estimate of drug-likeness (QED) is 0.673. The van der Waals surface area contributed by atoms with E-state index >= 15 is 0 Å². The summed E-state index contributed by atoms with van der Waals surface area (Å²) >= 11 is 1.41. The summed E-state index contributed by atoms with van der Waals surface area (Å²) in [6.45, 7) is 0. The van der Waals surface area contributed by atoms with Crippen LogP contribution in [0.1, 0.15) is 11.1 Å². The average molecular weight is 339 g/mol. The van der Waals surface area contributed by atoms with Gasteiger partial charge in [0, 0.05) is 0 Å². The minimum Gasteiger partial charge on any atom is -0.497 e. The van der Waals surface area contributed by atoms with Crippen molar-refractivity contribution in [1.29, 1.82) is 0 Å². The monoisotopic (exact) mass is 339 g/mol. The zero-order valence-electron chi connectivity index (χ0n) is 13.2. The molecule has 3 rings (SSSR count). The van der Waals surface area contributed by atoms with Gasteiger partial charge in [-0.15, -0.1) is 5.10 Å². The molecule has 0 bridgehead atoms. The molecule has 1 amide bonds. The Morgan fingerprint density at radius 3 is 2.62 bits per heavy atom. The molecule has 2 aromatic rings. The third-order valence-electron chi connectivity index (χ3n) is 3.51. The minimum absolute atomic E-state index is 0.0257. The van der Waals surface area contributed by atoms with Crippen molar-refractivity contribution in [3.63, 3.8) is 0 Å². The van der Waals surface area contributed by atoms with Gasteiger partial charge in [0.25, 0.3) is 0 Å².